The second-order valence-electron chi connectivity index (χ2n) is 5.65. The van der Waals surface area contributed by atoms with Crippen molar-refractivity contribution in [2.75, 3.05) is 6.61 Å². The zero-order chi connectivity index (χ0) is 15.1. The van der Waals surface area contributed by atoms with Gasteiger partial charge in [-0.2, -0.15) is 5.10 Å². The monoisotopic (exact) mass is 292 g/mol. The summed E-state index contributed by atoms with van der Waals surface area (Å²) in [6.45, 7) is 2.11. The Morgan fingerprint density at radius 3 is 2.77 bits per heavy atom. The molecule has 4 rings (SSSR count). The topological polar surface area (TPSA) is 41.9 Å². The van der Waals surface area contributed by atoms with E-state index in [4.69, 9.17) is 4.74 Å². The number of carbonyl (C=O) groups excluding carboxylic acids is 1. The van der Waals surface area contributed by atoms with E-state index in [1.807, 2.05) is 36.4 Å². The van der Waals surface area contributed by atoms with Gasteiger partial charge in [0.05, 0.1) is 11.8 Å². The van der Waals surface area contributed by atoms with Crippen LogP contribution in [0.25, 0.3) is 0 Å². The highest BCUT2D eigenvalue weighted by molar-refractivity contribution is 6.04. The van der Waals surface area contributed by atoms with E-state index in [2.05, 4.69) is 24.2 Å². The van der Waals surface area contributed by atoms with Gasteiger partial charge in [-0.3, -0.25) is 4.79 Å². The quantitative estimate of drug-likeness (QED) is 0.810. The summed E-state index contributed by atoms with van der Waals surface area (Å²) in [5.41, 5.74) is 4.28. The maximum atomic E-state index is 12.3. The Morgan fingerprint density at radius 2 is 1.91 bits per heavy atom. The molecule has 2 heterocycles. The number of fused-ring (bicyclic) bond motifs is 3. The second-order valence-corrected chi connectivity index (χ2v) is 5.65. The molecule has 0 saturated heterocycles. The number of para-hydroxylation sites is 1. The minimum Gasteiger partial charge on any atom is -0.483 e. The third-order valence-corrected chi connectivity index (χ3v) is 4.25. The van der Waals surface area contributed by atoms with E-state index in [9.17, 15) is 4.79 Å². The van der Waals surface area contributed by atoms with Crippen molar-refractivity contribution < 1.29 is 9.53 Å². The van der Waals surface area contributed by atoms with E-state index in [1.54, 1.807) is 5.01 Å². The normalized spacial score (nSPS) is 19.9. The number of hydrogen-bond donors (Lipinski definition) is 0. The zero-order valence-corrected chi connectivity index (χ0v) is 12.3. The van der Waals surface area contributed by atoms with Gasteiger partial charge in [0.25, 0.3) is 5.91 Å². The fraction of sp³-hybridized carbons (Fsp3) is 0.222. The van der Waals surface area contributed by atoms with E-state index in [1.165, 1.54) is 5.56 Å². The predicted molar refractivity (Wildman–Crippen MR) is 83.9 cm³/mol. The van der Waals surface area contributed by atoms with Crippen molar-refractivity contribution in [2.45, 2.75) is 19.4 Å². The highest BCUT2D eigenvalue weighted by Crippen LogP contribution is 2.39. The van der Waals surface area contributed by atoms with Crippen LogP contribution < -0.4 is 4.74 Å². The predicted octanol–water partition coefficient (Wildman–Crippen LogP) is 3.07. The Hall–Kier alpha value is -2.62. The van der Waals surface area contributed by atoms with Crippen LogP contribution in [0.4, 0.5) is 0 Å². The van der Waals surface area contributed by atoms with E-state index in [-0.39, 0.29) is 18.6 Å². The molecule has 2 aromatic carbocycles. The smallest absolute Gasteiger partial charge is 0.281 e. The second kappa shape index (κ2) is 4.98. The molecule has 4 nitrogen and oxygen atoms in total. The molecule has 0 saturated carbocycles. The summed E-state index contributed by atoms with van der Waals surface area (Å²) in [4.78, 5) is 12.3. The fourth-order valence-electron chi connectivity index (χ4n) is 3.13. The molecule has 0 N–H and O–H groups in total. The minimum atomic E-state index is -0.0928. The Kier molecular flexibility index (Phi) is 2.96. The molecule has 1 amide bonds. The van der Waals surface area contributed by atoms with Crippen LogP contribution in [0.3, 0.4) is 0 Å². The number of rotatable bonds is 1. The Bertz CT molecular complexity index is 782. The van der Waals surface area contributed by atoms with Crippen LogP contribution in [-0.4, -0.2) is 23.2 Å². The maximum Gasteiger partial charge on any atom is 0.281 e. The van der Waals surface area contributed by atoms with Crippen LogP contribution in [0.5, 0.6) is 5.75 Å². The van der Waals surface area contributed by atoms with Crippen LogP contribution in [0, 0.1) is 6.92 Å². The largest absolute Gasteiger partial charge is 0.483 e. The molecule has 0 spiro atoms. The van der Waals surface area contributed by atoms with Crippen molar-refractivity contribution in [1.29, 1.82) is 0 Å². The van der Waals surface area contributed by atoms with Crippen LogP contribution in [-0.2, 0) is 4.79 Å². The van der Waals surface area contributed by atoms with Gasteiger partial charge in [-0.05, 0) is 18.6 Å². The third kappa shape index (κ3) is 1.99. The fourth-order valence-corrected chi connectivity index (χ4v) is 3.13. The Balaban J connectivity index is 1.78. The van der Waals surface area contributed by atoms with E-state index < -0.39 is 0 Å². The Labute approximate surface area is 129 Å². The standard InChI is InChI=1S/C18H16N2O2/c1-12-6-2-3-7-13(12)15-10-16-14-8-4-5-9-17(14)22-11-18(21)20(16)19-15/h2-9,16H,10-11H2,1H3. The van der Waals surface area contributed by atoms with Crippen molar-refractivity contribution in [1.82, 2.24) is 5.01 Å². The summed E-state index contributed by atoms with van der Waals surface area (Å²) in [5.74, 6) is 0.689. The molecule has 0 bridgehead atoms. The first kappa shape index (κ1) is 13.1. The van der Waals surface area contributed by atoms with Gasteiger partial charge in [0.2, 0.25) is 0 Å². The minimum absolute atomic E-state index is 0.0397. The van der Waals surface area contributed by atoms with Crippen molar-refractivity contribution in [2.24, 2.45) is 5.10 Å². The first-order valence-corrected chi connectivity index (χ1v) is 7.41. The molecule has 2 aliphatic heterocycles. The molecule has 2 aliphatic rings. The number of hydrogen-bond acceptors (Lipinski definition) is 3. The SMILES string of the molecule is Cc1ccccc1C1=NN2C(=O)COc3ccccc3C2C1. The molecular weight excluding hydrogens is 276 g/mol. The average molecular weight is 292 g/mol. The first-order valence-electron chi connectivity index (χ1n) is 7.41. The van der Waals surface area contributed by atoms with E-state index in [0.717, 1.165) is 29.0 Å². The average Bonchev–Trinajstić information content (AvgIpc) is 2.93. The lowest BCUT2D eigenvalue weighted by Crippen LogP contribution is -2.28. The molecule has 0 aromatic heterocycles. The van der Waals surface area contributed by atoms with Crippen LogP contribution in [0.15, 0.2) is 53.6 Å². The van der Waals surface area contributed by atoms with Crippen molar-refractivity contribution in [3.05, 3.63) is 65.2 Å². The molecule has 0 radical (unpaired) electrons. The lowest BCUT2D eigenvalue weighted by molar-refractivity contribution is -0.134. The van der Waals surface area contributed by atoms with Gasteiger partial charge >= 0.3 is 0 Å². The van der Waals surface area contributed by atoms with Gasteiger partial charge in [-0.1, -0.05) is 42.5 Å². The van der Waals surface area contributed by atoms with E-state index in [0.29, 0.717) is 0 Å². The maximum absolute atomic E-state index is 12.3. The lowest BCUT2D eigenvalue weighted by atomic mass is 9.96. The molecule has 22 heavy (non-hydrogen) atoms. The van der Waals surface area contributed by atoms with Gasteiger partial charge in [0.1, 0.15) is 5.75 Å². The number of ether oxygens (including phenoxy) is 1. The lowest BCUT2D eigenvalue weighted by Gasteiger charge is -2.18. The number of nitrogens with zero attached hydrogens (tertiary/aromatic N) is 2. The van der Waals surface area contributed by atoms with Crippen LogP contribution >= 0.6 is 0 Å². The molecule has 1 unspecified atom stereocenters. The highest BCUT2D eigenvalue weighted by atomic mass is 16.5. The van der Waals surface area contributed by atoms with Gasteiger partial charge in [0, 0.05) is 17.5 Å². The summed E-state index contributed by atoms with van der Waals surface area (Å²) in [7, 11) is 0. The number of benzene rings is 2. The molecule has 4 heteroatoms. The number of hydrazone groups is 1. The molecule has 0 aliphatic carbocycles. The number of aryl methyl sites for hydroxylation is 1. The molecule has 1 atom stereocenters. The van der Waals surface area contributed by atoms with Crippen molar-refractivity contribution >= 4 is 11.6 Å². The zero-order valence-electron chi connectivity index (χ0n) is 12.3. The summed E-state index contributed by atoms with van der Waals surface area (Å²) in [5, 5.41) is 6.19. The summed E-state index contributed by atoms with van der Waals surface area (Å²) in [6.07, 6.45) is 0.719. The van der Waals surface area contributed by atoms with Gasteiger partial charge in [-0.25, -0.2) is 5.01 Å². The third-order valence-electron chi connectivity index (χ3n) is 4.25. The summed E-state index contributed by atoms with van der Waals surface area (Å²) < 4.78 is 5.60. The first-order chi connectivity index (χ1) is 10.7. The summed E-state index contributed by atoms with van der Waals surface area (Å²) in [6, 6.07) is 15.9. The van der Waals surface area contributed by atoms with Crippen LogP contribution in [0.1, 0.15) is 29.2 Å². The van der Waals surface area contributed by atoms with Crippen molar-refractivity contribution in [3.8, 4) is 5.75 Å². The van der Waals surface area contributed by atoms with E-state index >= 15 is 0 Å². The molecule has 110 valence electrons. The summed E-state index contributed by atoms with van der Waals surface area (Å²) >= 11 is 0. The Morgan fingerprint density at radius 1 is 1.14 bits per heavy atom. The number of carbonyl (C=O) groups is 1. The van der Waals surface area contributed by atoms with Gasteiger partial charge in [-0.15, -0.1) is 0 Å². The highest BCUT2D eigenvalue weighted by Gasteiger charge is 2.37. The number of amides is 1. The molecular formula is C18H16N2O2. The van der Waals surface area contributed by atoms with Crippen LogP contribution in [0.2, 0.25) is 0 Å². The molecule has 2 aromatic rings. The van der Waals surface area contributed by atoms with Crippen molar-refractivity contribution in [3.63, 3.8) is 0 Å². The van der Waals surface area contributed by atoms with Gasteiger partial charge in [0.15, 0.2) is 6.61 Å². The molecule has 0 fully saturated rings. The van der Waals surface area contributed by atoms with Gasteiger partial charge < -0.3 is 4.74 Å².